The number of hydrogen-bond acceptors (Lipinski definition) is 4. The summed E-state index contributed by atoms with van der Waals surface area (Å²) in [4.78, 5) is 33.1. The summed E-state index contributed by atoms with van der Waals surface area (Å²) in [5, 5.41) is 5.43. The number of rotatable bonds is 4. The molecule has 6 heteroatoms. The molecule has 0 spiro atoms. The largest absolute Gasteiger partial charge is 0.355 e. The van der Waals surface area contributed by atoms with Gasteiger partial charge in [-0.1, -0.05) is 42.5 Å². The first-order chi connectivity index (χ1) is 14.2. The smallest absolute Gasteiger partial charge is 0.257 e. The Morgan fingerprint density at radius 2 is 1.66 bits per heavy atom. The predicted molar refractivity (Wildman–Crippen MR) is 114 cm³/mol. The van der Waals surface area contributed by atoms with Gasteiger partial charge in [-0.2, -0.15) is 0 Å². The van der Waals surface area contributed by atoms with Crippen LogP contribution in [0.4, 0.5) is 11.4 Å². The van der Waals surface area contributed by atoms with E-state index in [1.807, 2.05) is 60.7 Å². The van der Waals surface area contributed by atoms with E-state index in [9.17, 15) is 9.59 Å². The summed E-state index contributed by atoms with van der Waals surface area (Å²) in [6.45, 7) is 0. The lowest BCUT2D eigenvalue weighted by Crippen LogP contribution is -2.21. The molecule has 0 fully saturated rings. The first-order valence-corrected chi connectivity index (χ1v) is 9.10. The van der Waals surface area contributed by atoms with Crippen molar-refractivity contribution in [2.75, 3.05) is 7.05 Å². The number of nitrogens with one attached hydrogen (secondary N) is 2. The van der Waals surface area contributed by atoms with E-state index in [4.69, 9.17) is 0 Å². The maximum atomic E-state index is 12.1. The number of nitrogens with zero attached hydrogens (tertiary/aromatic N) is 2. The average Bonchev–Trinajstić information content (AvgIpc) is 3.08. The zero-order valence-electron chi connectivity index (χ0n) is 15.7. The Labute approximate surface area is 168 Å². The Bertz CT molecular complexity index is 1160. The highest BCUT2D eigenvalue weighted by Crippen LogP contribution is 2.23. The number of amides is 2. The van der Waals surface area contributed by atoms with Crippen LogP contribution in [0.15, 0.2) is 82.8 Å². The number of fused-ring (bicyclic) bond motifs is 1. The fraction of sp³-hybridized carbons (Fsp3) is 0.0435. The fourth-order valence-corrected chi connectivity index (χ4v) is 3.09. The molecule has 142 valence electrons. The number of carbonyl (C=O) groups excluding carboxylic acids is 2. The summed E-state index contributed by atoms with van der Waals surface area (Å²) in [6.07, 6.45) is 1.66. The van der Waals surface area contributed by atoms with Gasteiger partial charge in [0.05, 0.1) is 16.9 Å². The molecule has 0 saturated carbocycles. The van der Waals surface area contributed by atoms with E-state index in [0.717, 1.165) is 11.1 Å². The second-order valence-electron chi connectivity index (χ2n) is 6.40. The van der Waals surface area contributed by atoms with Crippen molar-refractivity contribution in [2.24, 2.45) is 9.98 Å². The predicted octanol–water partition coefficient (Wildman–Crippen LogP) is 3.62. The molecule has 3 aromatic carbocycles. The van der Waals surface area contributed by atoms with E-state index in [1.165, 1.54) is 0 Å². The second kappa shape index (κ2) is 7.90. The Morgan fingerprint density at radius 3 is 2.48 bits per heavy atom. The molecule has 4 rings (SSSR count). The van der Waals surface area contributed by atoms with E-state index in [0.29, 0.717) is 28.3 Å². The van der Waals surface area contributed by atoms with Crippen molar-refractivity contribution in [3.05, 3.63) is 95.1 Å². The number of benzene rings is 3. The van der Waals surface area contributed by atoms with Crippen LogP contribution in [0.25, 0.3) is 0 Å². The molecule has 2 amide bonds. The minimum absolute atomic E-state index is 0.153. The maximum Gasteiger partial charge on any atom is 0.257 e. The summed E-state index contributed by atoms with van der Waals surface area (Å²) >= 11 is 0. The van der Waals surface area contributed by atoms with Gasteiger partial charge in [0, 0.05) is 30.0 Å². The summed E-state index contributed by atoms with van der Waals surface area (Å²) < 4.78 is 0. The fourth-order valence-electron chi connectivity index (χ4n) is 3.09. The molecule has 1 aliphatic rings. The Balaban J connectivity index is 1.62. The molecule has 0 aromatic heterocycles. The van der Waals surface area contributed by atoms with Gasteiger partial charge in [-0.15, -0.1) is 0 Å². The highest BCUT2D eigenvalue weighted by molar-refractivity contribution is 6.23. The van der Waals surface area contributed by atoms with Crippen LogP contribution in [0.2, 0.25) is 0 Å². The van der Waals surface area contributed by atoms with Crippen molar-refractivity contribution < 1.29 is 9.59 Å². The molecular weight excluding hydrogens is 364 g/mol. The highest BCUT2D eigenvalue weighted by Gasteiger charge is 2.24. The van der Waals surface area contributed by atoms with Gasteiger partial charge in [-0.3, -0.25) is 14.6 Å². The Hall–Kier alpha value is -4.06. The zero-order valence-corrected chi connectivity index (χ0v) is 15.7. The highest BCUT2D eigenvalue weighted by atomic mass is 16.2. The summed E-state index contributed by atoms with van der Waals surface area (Å²) in [5.74, 6) is 0.207. The lowest BCUT2D eigenvalue weighted by atomic mass is 10.1. The monoisotopic (exact) mass is 382 g/mol. The third-order valence-electron chi connectivity index (χ3n) is 4.51. The minimum atomic E-state index is -0.164. The number of hydrogen-bond donors (Lipinski definition) is 2. The van der Waals surface area contributed by atoms with Gasteiger partial charge in [-0.05, 0) is 30.3 Å². The summed E-state index contributed by atoms with van der Waals surface area (Å²) in [5.41, 5.74) is 4.04. The maximum absolute atomic E-state index is 12.1. The molecule has 0 radical (unpaired) electrons. The molecular formula is C23H18N4O2. The summed E-state index contributed by atoms with van der Waals surface area (Å²) in [7, 11) is 1.60. The lowest BCUT2D eigenvalue weighted by molar-refractivity contribution is 0.0960. The van der Waals surface area contributed by atoms with E-state index < -0.39 is 0 Å². The van der Waals surface area contributed by atoms with Crippen LogP contribution in [-0.4, -0.2) is 30.9 Å². The Morgan fingerprint density at radius 1 is 0.931 bits per heavy atom. The van der Waals surface area contributed by atoms with Crippen molar-refractivity contribution in [2.45, 2.75) is 0 Å². The molecule has 1 heterocycles. The molecule has 0 bridgehead atoms. The van der Waals surface area contributed by atoms with E-state index in [1.54, 1.807) is 25.4 Å². The minimum Gasteiger partial charge on any atom is -0.355 e. The van der Waals surface area contributed by atoms with Gasteiger partial charge >= 0.3 is 0 Å². The van der Waals surface area contributed by atoms with Crippen molar-refractivity contribution in [1.82, 2.24) is 10.6 Å². The van der Waals surface area contributed by atoms with Gasteiger partial charge in [0.1, 0.15) is 5.84 Å². The first-order valence-electron chi connectivity index (χ1n) is 9.10. The van der Waals surface area contributed by atoms with Gasteiger partial charge in [0.2, 0.25) is 0 Å². The van der Waals surface area contributed by atoms with Crippen LogP contribution < -0.4 is 10.6 Å². The van der Waals surface area contributed by atoms with Crippen molar-refractivity contribution in [3.63, 3.8) is 0 Å². The van der Waals surface area contributed by atoms with Gasteiger partial charge in [0.15, 0.2) is 0 Å². The molecule has 0 atom stereocenters. The average molecular weight is 382 g/mol. The summed E-state index contributed by atoms with van der Waals surface area (Å²) in [6, 6.07) is 22.0. The second-order valence-corrected chi connectivity index (χ2v) is 6.40. The third kappa shape index (κ3) is 3.82. The van der Waals surface area contributed by atoms with Gasteiger partial charge in [0.25, 0.3) is 11.8 Å². The quantitative estimate of drug-likeness (QED) is 0.676. The van der Waals surface area contributed by atoms with Crippen LogP contribution in [0, 0.1) is 0 Å². The molecule has 0 saturated heterocycles. The van der Waals surface area contributed by atoms with Crippen molar-refractivity contribution in [3.8, 4) is 0 Å². The molecule has 0 unspecified atom stereocenters. The molecule has 2 N–H and O–H groups in total. The number of carbonyl (C=O) groups is 2. The van der Waals surface area contributed by atoms with Gasteiger partial charge in [-0.25, -0.2) is 4.99 Å². The van der Waals surface area contributed by atoms with Crippen LogP contribution in [0.3, 0.4) is 0 Å². The van der Waals surface area contributed by atoms with Crippen molar-refractivity contribution in [1.29, 1.82) is 0 Å². The van der Waals surface area contributed by atoms with Crippen LogP contribution in [0.5, 0.6) is 0 Å². The topological polar surface area (TPSA) is 82.9 Å². The standard InChI is InChI=1S/C23H18N4O2/c1-24-22(28)18-10-3-2-7-15(18)14-25-16-8-6-9-17(13-16)26-21-19-11-4-5-12-20(19)23(29)27-21/h2-14H,1H3,(H,24,28)(H,26,27,29). The van der Waals surface area contributed by atoms with Crippen LogP contribution in [-0.2, 0) is 0 Å². The van der Waals surface area contributed by atoms with Crippen LogP contribution in [0.1, 0.15) is 31.8 Å². The zero-order chi connectivity index (χ0) is 20.2. The van der Waals surface area contributed by atoms with Crippen LogP contribution >= 0.6 is 0 Å². The number of amidine groups is 1. The van der Waals surface area contributed by atoms with Crippen molar-refractivity contribution >= 4 is 35.2 Å². The Kier molecular flexibility index (Phi) is 4.99. The molecule has 0 aliphatic carbocycles. The van der Waals surface area contributed by atoms with E-state index >= 15 is 0 Å². The normalized spacial score (nSPS) is 14.1. The molecule has 3 aromatic rings. The van der Waals surface area contributed by atoms with E-state index in [-0.39, 0.29) is 11.8 Å². The molecule has 1 aliphatic heterocycles. The molecule has 29 heavy (non-hydrogen) atoms. The van der Waals surface area contributed by atoms with Gasteiger partial charge < -0.3 is 10.6 Å². The third-order valence-corrected chi connectivity index (χ3v) is 4.51. The lowest BCUT2D eigenvalue weighted by Gasteiger charge is -2.04. The number of aliphatic imine (C=N–C) groups is 2. The van der Waals surface area contributed by atoms with E-state index in [2.05, 4.69) is 20.6 Å². The first kappa shape index (κ1) is 18.3. The molecule has 6 nitrogen and oxygen atoms in total. The SMILES string of the molecule is CNC(=O)c1ccccc1C=Nc1cccc(N=C2NC(=O)c3ccccc32)c1.